The minimum Gasteiger partial charge on any atom is -0.508 e. The van der Waals surface area contributed by atoms with Gasteiger partial charge in [0.1, 0.15) is 17.1 Å². The molecule has 0 aromatic heterocycles. The third-order valence-electron chi connectivity index (χ3n) is 7.07. The van der Waals surface area contributed by atoms with Gasteiger partial charge in [-0.2, -0.15) is 0 Å². The minimum absolute atomic E-state index is 0.142. The normalized spacial score (nSPS) is 35.9. The highest BCUT2D eigenvalue weighted by Gasteiger charge is 2.58. The van der Waals surface area contributed by atoms with Crippen LogP contribution in [-0.4, -0.2) is 22.9 Å². The van der Waals surface area contributed by atoms with E-state index in [1.807, 2.05) is 13.0 Å². The second-order valence-corrected chi connectivity index (χ2v) is 9.60. The molecule has 2 fully saturated rings. The number of hydrogen-bond donors (Lipinski definition) is 1. The predicted octanol–water partition coefficient (Wildman–Crippen LogP) is 5.16. The lowest BCUT2D eigenvalue weighted by Crippen LogP contribution is -2.43. The SMILES string of the molecule is Cc1cc(O)c2c(c1)O[C@](C)(CC[C@@H]1C(C)(C)CCC[C@@]13CO3)CC2. The third kappa shape index (κ3) is 3.05. The van der Waals surface area contributed by atoms with Crippen LogP contribution in [0.2, 0.25) is 0 Å². The maximum absolute atomic E-state index is 10.2. The Hall–Kier alpha value is -1.22. The first-order chi connectivity index (χ1) is 11.7. The van der Waals surface area contributed by atoms with Crippen molar-refractivity contribution >= 4 is 0 Å². The smallest absolute Gasteiger partial charge is 0.127 e. The molecule has 1 saturated heterocycles. The van der Waals surface area contributed by atoms with E-state index >= 15 is 0 Å². The molecule has 1 aliphatic carbocycles. The monoisotopic (exact) mass is 344 g/mol. The molecule has 2 aliphatic heterocycles. The highest BCUT2D eigenvalue weighted by Crippen LogP contribution is 2.56. The summed E-state index contributed by atoms with van der Waals surface area (Å²) in [6.07, 6.45) is 7.91. The number of ether oxygens (including phenoxy) is 2. The average Bonchev–Trinajstić information content (AvgIpc) is 3.25. The molecule has 0 radical (unpaired) electrons. The molecular formula is C22H32O3. The lowest BCUT2D eigenvalue weighted by Gasteiger charge is -2.45. The fourth-order valence-corrected chi connectivity index (χ4v) is 5.43. The summed E-state index contributed by atoms with van der Waals surface area (Å²) in [4.78, 5) is 0. The van der Waals surface area contributed by atoms with Crippen molar-refractivity contribution in [1.29, 1.82) is 0 Å². The number of aromatic hydroxyl groups is 1. The van der Waals surface area contributed by atoms with Gasteiger partial charge in [0.15, 0.2) is 0 Å². The second-order valence-electron chi connectivity index (χ2n) is 9.60. The molecule has 1 N–H and O–H groups in total. The van der Waals surface area contributed by atoms with E-state index in [1.165, 1.54) is 19.3 Å². The van der Waals surface area contributed by atoms with Gasteiger partial charge < -0.3 is 14.6 Å². The zero-order valence-electron chi connectivity index (χ0n) is 16.2. The first-order valence-electron chi connectivity index (χ1n) is 9.89. The molecule has 3 heteroatoms. The van der Waals surface area contributed by atoms with E-state index in [0.717, 1.165) is 49.2 Å². The molecule has 0 amide bonds. The maximum Gasteiger partial charge on any atom is 0.127 e. The lowest BCUT2D eigenvalue weighted by atomic mass is 9.61. The summed E-state index contributed by atoms with van der Waals surface area (Å²) >= 11 is 0. The average molecular weight is 344 g/mol. The number of hydrogen-bond acceptors (Lipinski definition) is 3. The van der Waals surface area contributed by atoms with Crippen LogP contribution in [0.5, 0.6) is 11.5 Å². The van der Waals surface area contributed by atoms with E-state index in [9.17, 15) is 5.11 Å². The number of benzene rings is 1. The number of rotatable bonds is 3. The van der Waals surface area contributed by atoms with Crippen LogP contribution in [0.25, 0.3) is 0 Å². The van der Waals surface area contributed by atoms with Crippen molar-refractivity contribution in [2.75, 3.05) is 6.61 Å². The van der Waals surface area contributed by atoms with Gasteiger partial charge in [0.2, 0.25) is 0 Å². The fraction of sp³-hybridized carbons (Fsp3) is 0.727. The molecule has 0 bridgehead atoms. The van der Waals surface area contributed by atoms with Crippen LogP contribution < -0.4 is 4.74 Å². The van der Waals surface area contributed by atoms with Crippen molar-refractivity contribution in [2.24, 2.45) is 11.3 Å². The number of fused-ring (bicyclic) bond motifs is 1. The van der Waals surface area contributed by atoms with Gasteiger partial charge in [0, 0.05) is 5.56 Å². The summed E-state index contributed by atoms with van der Waals surface area (Å²) in [6.45, 7) is 10.0. The van der Waals surface area contributed by atoms with Gasteiger partial charge in [0.05, 0.1) is 12.2 Å². The van der Waals surface area contributed by atoms with E-state index in [0.29, 0.717) is 17.1 Å². The van der Waals surface area contributed by atoms with E-state index in [1.54, 1.807) is 0 Å². The van der Waals surface area contributed by atoms with E-state index < -0.39 is 0 Å². The summed E-state index contributed by atoms with van der Waals surface area (Å²) in [6, 6.07) is 3.91. The van der Waals surface area contributed by atoms with E-state index in [2.05, 4.69) is 26.8 Å². The molecule has 1 aromatic rings. The van der Waals surface area contributed by atoms with E-state index in [-0.39, 0.29) is 11.2 Å². The fourth-order valence-electron chi connectivity index (χ4n) is 5.43. The van der Waals surface area contributed by atoms with Gasteiger partial charge in [-0.05, 0) is 87.8 Å². The minimum atomic E-state index is -0.142. The summed E-state index contributed by atoms with van der Waals surface area (Å²) in [5, 5.41) is 10.2. The van der Waals surface area contributed by atoms with Crippen LogP contribution in [0, 0.1) is 18.3 Å². The van der Waals surface area contributed by atoms with Crippen LogP contribution >= 0.6 is 0 Å². The number of aryl methyl sites for hydroxylation is 1. The Kier molecular flexibility index (Phi) is 3.88. The topological polar surface area (TPSA) is 42.0 Å². The zero-order valence-corrected chi connectivity index (χ0v) is 16.2. The Morgan fingerprint density at radius 1 is 1.16 bits per heavy atom. The first kappa shape index (κ1) is 17.2. The molecule has 1 saturated carbocycles. The van der Waals surface area contributed by atoms with Crippen molar-refractivity contribution < 1.29 is 14.6 Å². The van der Waals surface area contributed by atoms with Crippen LogP contribution in [0.15, 0.2) is 12.1 Å². The largest absolute Gasteiger partial charge is 0.508 e. The molecule has 3 atom stereocenters. The van der Waals surface area contributed by atoms with Crippen molar-refractivity contribution in [3.8, 4) is 11.5 Å². The summed E-state index contributed by atoms with van der Waals surface area (Å²) in [5.41, 5.74) is 2.41. The highest BCUT2D eigenvalue weighted by molar-refractivity contribution is 5.48. The van der Waals surface area contributed by atoms with Gasteiger partial charge in [-0.1, -0.05) is 13.8 Å². The van der Waals surface area contributed by atoms with Crippen molar-refractivity contribution in [2.45, 2.75) is 83.8 Å². The quantitative estimate of drug-likeness (QED) is 0.770. The van der Waals surface area contributed by atoms with Gasteiger partial charge in [-0.3, -0.25) is 0 Å². The molecule has 25 heavy (non-hydrogen) atoms. The summed E-state index contributed by atoms with van der Waals surface area (Å²) in [7, 11) is 0. The first-order valence-corrected chi connectivity index (χ1v) is 9.89. The second kappa shape index (κ2) is 5.64. The highest BCUT2D eigenvalue weighted by atomic mass is 16.6. The van der Waals surface area contributed by atoms with Crippen LogP contribution in [0.1, 0.15) is 70.4 Å². The van der Waals surface area contributed by atoms with Crippen LogP contribution in [-0.2, 0) is 11.2 Å². The van der Waals surface area contributed by atoms with Gasteiger partial charge in [-0.25, -0.2) is 0 Å². The van der Waals surface area contributed by atoms with Crippen molar-refractivity contribution in [1.82, 2.24) is 0 Å². The Labute approximate surface area is 151 Å². The molecule has 2 heterocycles. The predicted molar refractivity (Wildman–Crippen MR) is 99.2 cm³/mol. The molecular weight excluding hydrogens is 312 g/mol. The molecule has 1 spiro atoms. The standard InChI is InChI=1S/C22H32O3/c1-15-12-17(23)16-6-10-21(4,25-18(16)13-15)11-7-19-20(2,3)8-5-9-22(19)14-24-22/h12-13,19,23H,5-11,14H2,1-4H3/t19-,21+,22-/m1/s1. The van der Waals surface area contributed by atoms with Crippen LogP contribution in [0.4, 0.5) is 0 Å². The zero-order chi connectivity index (χ0) is 17.9. The summed E-state index contributed by atoms with van der Waals surface area (Å²) < 4.78 is 12.4. The lowest BCUT2D eigenvalue weighted by molar-refractivity contribution is 0.00233. The van der Waals surface area contributed by atoms with Crippen molar-refractivity contribution in [3.05, 3.63) is 23.3 Å². The maximum atomic E-state index is 10.2. The Balaban J connectivity index is 1.49. The third-order valence-corrected chi connectivity index (χ3v) is 7.07. The van der Waals surface area contributed by atoms with Gasteiger partial charge in [0.25, 0.3) is 0 Å². The Bertz CT molecular complexity index is 668. The Morgan fingerprint density at radius 3 is 2.64 bits per heavy atom. The van der Waals surface area contributed by atoms with Gasteiger partial charge in [-0.15, -0.1) is 0 Å². The number of phenolic OH excluding ortho intramolecular Hbond substituents is 1. The van der Waals surface area contributed by atoms with E-state index in [4.69, 9.17) is 9.47 Å². The Morgan fingerprint density at radius 2 is 1.92 bits per heavy atom. The van der Waals surface area contributed by atoms with Gasteiger partial charge >= 0.3 is 0 Å². The molecule has 4 rings (SSSR count). The molecule has 3 nitrogen and oxygen atoms in total. The molecule has 3 aliphatic rings. The summed E-state index contributed by atoms with van der Waals surface area (Å²) in [5.74, 6) is 1.89. The number of phenols is 1. The van der Waals surface area contributed by atoms with Crippen molar-refractivity contribution in [3.63, 3.8) is 0 Å². The molecule has 1 aromatic carbocycles. The molecule has 138 valence electrons. The van der Waals surface area contributed by atoms with Crippen LogP contribution in [0.3, 0.4) is 0 Å². The molecule has 0 unspecified atom stereocenters. The number of epoxide rings is 1.